The lowest BCUT2D eigenvalue weighted by Gasteiger charge is -2.17. The molecule has 0 atom stereocenters. The molecular formula is C65H76O10. The summed E-state index contributed by atoms with van der Waals surface area (Å²) in [6.07, 6.45) is 18.0. The Hall–Kier alpha value is -7.07. The van der Waals surface area contributed by atoms with Crippen molar-refractivity contribution in [2.75, 3.05) is 26.4 Å². The smallest absolute Gasteiger partial charge is 0.343 e. The van der Waals surface area contributed by atoms with Crippen LogP contribution < -0.4 is 28.4 Å². The van der Waals surface area contributed by atoms with Gasteiger partial charge >= 0.3 is 17.9 Å². The van der Waals surface area contributed by atoms with Crippen molar-refractivity contribution in [1.29, 1.82) is 0 Å². The first kappa shape index (κ1) is 55.7. The Morgan fingerprint density at radius 3 is 1.04 bits per heavy atom. The summed E-state index contributed by atoms with van der Waals surface area (Å²) in [7, 11) is 0. The Balaban J connectivity index is 0.950. The van der Waals surface area contributed by atoms with Gasteiger partial charge in [0, 0.05) is 17.5 Å². The standard InChI is InChI=1S/C65H76O10/c1-4-7-10-13-17-42-69-52-30-22-48(23-31-52)49-24-32-53(33-25-49)72-45-20-16-21-62(66)75-63-60-46-56(73-64(67)50-26-34-54(35-27-50)70-43-18-14-11-8-5-2)38-40-58(60)59-41-39-57(47-61(59)63)74-65(68)51-28-36-55(37-29-51)71-44-19-15-12-9-6-3/h22-41,46-47,63H,4-21,42-45H2,1-3H3. The van der Waals surface area contributed by atoms with Gasteiger partial charge in [-0.2, -0.15) is 0 Å². The van der Waals surface area contributed by atoms with Crippen molar-refractivity contribution in [3.8, 4) is 56.8 Å². The second kappa shape index (κ2) is 30.3. The molecule has 0 aliphatic heterocycles. The Morgan fingerprint density at radius 1 is 0.360 bits per heavy atom. The fraction of sp³-hybridized carbons (Fsp3) is 0.400. The van der Waals surface area contributed by atoms with Gasteiger partial charge in [-0.15, -0.1) is 0 Å². The zero-order valence-electron chi connectivity index (χ0n) is 44.4. The van der Waals surface area contributed by atoms with Crippen molar-refractivity contribution in [3.05, 3.63) is 156 Å². The fourth-order valence-corrected chi connectivity index (χ4v) is 9.06. The van der Waals surface area contributed by atoms with E-state index >= 15 is 0 Å². The number of hydrogen-bond donors (Lipinski definition) is 0. The molecule has 0 saturated carbocycles. The van der Waals surface area contributed by atoms with Crippen molar-refractivity contribution in [1.82, 2.24) is 0 Å². The van der Waals surface area contributed by atoms with Crippen LogP contribution in [0.2, 0.25) is 0 Å². The van der Waals surface area contributed by atoms with Gasteiger partial charge in [-0.25, -0.2) is 9.59 Å². The maximum atomic E-state index is 13.7. The van der Waals surface area contributed by atoms with Gasteiger partial charge in [0.05, 0.1) is 37.6 Å². The van der Waals surface area contributed by atoms with E-state index in [9.17, 15) is 14.4 Å². The van der Waals surface area contributed by atoms with E-state index in [4.69, 9.17) is 33.2 Å². The molecule has 0 amide bonds. The Morgan fingerprint density at radius 2 is 0.680 bits per heavy atom. The van der Waals surface area contributed by atoms with Gasteiger partial charge in [0.15, 0.2) is 6.10 Å². The number of carbonyl (C=O) groups is 3. The zero-order chi connectivity index (χ0) is 52.5. The summed E-state index contributed by atoms with van der Waals surface area (Å²) in [5.41, 5.74) is 5.86. The molecule has 0 saturated heterocycles. The van der Waals surface area contributed by atoms with Gasteiger partial charge in [-0.3, -0.25) is 4.79 Å². The van der Waals surface area contributed by atoms with Gasteiger partial charge < -0.3 is 33.2 Å². The number of esters is 3. The average Bonchev–Trinajstić information content (AvgIpc) is 3.73. The molecule has 10 nitrogen and oxygen atoms in total. The van der Waals surface area contributed by atoms with E-state index in [-0.39, 0.29) is 6.42 Å². The molecule has 396 valence electrons. The maximum Gasteiger partial charge on any atom is 0.343 e. The first-order chi connectivity index (χ1) is 36.8. The number of hydrogen-bond acceptors (Lipinski definition) is 10. The summed E-state index contributed by atoms with van der Waals surface area (Å²) in [6, 6.07) is 40.7. The molecule has 1 aliphatic rings. The van der Waals surface area contributed by atoms with Crippen molar-refractivity contribution < 1.29 is 47.5 Å². The van der Waals surface area contributed by atoms with Crippen molar-refractivity contribution >= 4 is 17.9 Å². The molecule has 75 heavy (non-hydrogen) atoms. The second-order valence-electron chi connectivity index (χ2n) is 19.3. The lowest BCUT2D eigenvalue weighted by atomic mass is 10.1. The van der Waals surface area contributed by atoms with Crippen molar-refractivity contribution in [3.63, 3.8) is 0 Å². The molecule has 6 aromatic carbocycles. The lowest BCUT2D eigenvalue weighted by molar-refractivity contribution is -0.147. The first-order valence-corrected chi connectivity index (χ1v) is 27.7. The number of fused-ring (bicyclic) bond motifs is 3. The van der Waals surface area contributed by atoms with Crippen LogP contribution in [-0.2, 0) is 9.53 Å². The van der Waals surface area contributed by atoms with E-state index in [1.165, 1.54) is 64.2 Å². The van der Waals surface area contributed by atoms with Crippen LogP contribution in [0.3, 0.4) is 0 Å². The van der Waals surface area contributed by atoms with Gasteiger partial charge in [-0.1, -0.05) is 134 Å². The normalized spacial score (nSPS) is 11.6. The lowest BCUT2D eigenvalue weighted by Crippen LogP contribution is -2.12. The van der Waals surface area contributed by atoms with Crippen molar-refractivity contribution in [2.45, 2.75) is 142 Å². The van der Waals surface area contributed by atoms with Gasteiger partial charge in [0.1, 0.15) is 34.5 Å². The van der Waals surface area contributed by atoms with Gasteiger partial charge in [0.2, 0.25) is 0 Å². The summed E-state index contributed by atoms with van der Waals surface area (Å²) in [5, 5.41) is 0. The Bertz CT molecular complexity index is 2550. The molecule has 0 aromatic heterocycles. The topological polar surface area (TPSA) is 116 Å². The predicted octanol–water partition coefficient (Wildman–Crippen LogP) is 16.7. The summed E-state index contributed by atoms with van der Waals surface area (Å²) in [4.78, 5) is 40.5. The second-order valence-corrected chi connectivity index (χ2v) is 19.3. The minimum absolute atomic E-state index is 0.155. The number of unbranched alkanes of at least 4 members (excludes halogenated alkanes) is 13. The number of rotatable bonds is 33. The van der Waals surface area contributed by atoms with Crippen LogP contribution in [0.25, 0.3) is 22.3 Å². The highest BCUT2D eigenvalue weighted by atomic mass is 16.6. The van der Waals surface area contributed by atoms with Gasteiger partial charge in [-0.05, 0) is 151 Å². The molecule has 1 aliphatic carbocycles. The quantitative estimate of drug-likeness (QED) is 0.0224. The highest BCUT2D eigenvalue weighted by molar-refractivity contribution is 5.92. The van der Waals surface area contributed by atoms with Gasteiger partial charge in [0.25, 0.3) is 0 Å². The first-order valence-electron chi connectivity index (χ1n) is 27.7. The van der Waals surface area contributed by atoms with Crippen LogP contribution in [0.1, 0.15) is 174 Å². The monoisotopic (exact) mass is 1020 g/mol. The fourth-order valence-electron chi connectivity index (χ4n) is 9.06. The van der Waals surface area contributed by atoms with E-state index in [2.05, 4.69) is 32.9 Å². The average molecular weight is 1020 g/mol. The zero-order valence-corrected chi connectivity index (χ0v) is 44.4. The van der Waals surface area contributed by atoms with Crippen LogP contribution in [0.4, 0.5) is 0 Å². The summed E-state index contributed by atoms with van der Waals surface area (Å²) in [5.74, 6) is 2.17. The molecule has 10 heteroatoms. The molecular weight excluding hydrogens is 941 g/mol. The molecule has 0 heterocycles. The maximum absolute atomic E-state index is 13.7. The van der Waals surface area contributed by atoms with E-state index in [1.54, 1.807) is 72.8 Å². The number of ether oxygens (including phenoxy) is 7. The van der Waals surface area contributed by atoms with E-state index in [0.717, 1.165) is 72.5 Å². The highest BCUT2D eigenvalue weighted by Crippen LogP contribution is 2.48. The Kier molecular flexibility index (Phi) is 22.5. The molecule has 7 rings (SSSR count). The van der Waals surface area contributed by atoms with Crippen LogP contribution in [0.5, 0.6) is 34.5 Å². The molecule has 6 aromatic rings. The van der Waals surface area contributed by atoms with Crippen LogP contribution in [0, 0.1) is 0 Å². The molecule has 0 spiro atoms. The minimum Gasteiger partial charge on any atom is -0.494 e. The third-order valence-electron chi connectivity index (χ3n) is 13.4. The molecule has 0 fully saturated rings. The highest BCUT2D eigenvalue weighted by Gasteiger charge is 2.33. The third-order valence-corrected chi connectivity index (χ3v) is 13.4. The molecule has 0 N–H and O–H groups in total. The van der Waals surface area contributed by atoms with Crippen LogP contribution in [0.15, 0.2) is 133 Å². The van der Waals surface area contributed by atoms with E-state index < -0.39 is 24.0 Å². The molecule has 0 bridgehead atoms. The van der Waals surface area contributed by atoms with Crippen molar-refractivity contribution in [2.24, 2.45) is 0 Å². The van der Waals surface area contributed by atoms with Crippen LogP contribution >= 0.6 is 0 Å². The largest absolute Gasteiger partial charge is 0.494 e. The summed E-state index contributed by atoms with van der Waals surface area (Å²) >= 11 is 0. The minimum atomic E-state index is -0.851. The van der Waals surface area contributed by atoms with E-state index in [1.807, 2.05) is 48.5 Å². The summed E-state index contributed by atoms with van der Waals surface area (Å²) < 4.78 is 41.9. The number of benzene rings is 6. The molecule has 0 unspecified atom stereocenters. The summed E-state index contributed by atoms with van der Waals surface area (Å²) in [6.45, 7) is 9.04. The van der Waals surface area contributed by atoms with E-state index in [0.29, 0.717) is 77.9 Å². The third kappa shape index (κ3) is 17.5. The Labute approximate surface area is 445 Å². The SMILES string of the molecule is CCCCCCCOc1ccc(C(=O)Oc2ccc3c(c2)C(OC(=O)CCCCOc2ccc(-c4ccc(OCCCCCCC)cc4)cc2)c2cc(OC(=O)c4ccc(OCCCCCCC)cc4)ccc2-3)cc1. The predicted molar refractivity (Wildman–Crippen MR) is 297 cm³/mol. The number of carbonyl (C=O) groups excluding carboxylic acids is 3. The molecule has 0 radical (unpaired) electrons. The van der Waals surface area contributed by atoms with Crippen LogP contribution in [-0.4, -0.2) is 44.3 Å².